The highest BCUT2D eigenvalue weighted by molar-refractivity contribution is 5.75. The highest BCUT2D eigenvalue weighted by atomic mass is 19.1. The summed E-state index contributed by atoms with van der Waals surface area (Å²) in [5, 5.41) is 13.4. The van der Waals surface area contributed by atoms with Gasteiger partial charge in [0.1, 0.15) is 12.0 Å². The minimum atomic E-state index is -0.775. The quantitative estimate of drug-likeness (QED) is 0.397. The highest BCUT2D eigenvalue weighted by Crippen LogP contribution is 2.43. The van der Waals surface area contributed by atoms with E-state index in [0.29, 0.717) is 24.0 Å². The van der Waals surface area contributed by atoms with Gasteiger partial charge in [0, 0.05) is 54.3 Å². The van der Waals surface area contributed by atoms with E-state index in [1.54, 1.807) is 13.2 Å². The van der Waals surface area contributed by atoms with Gasteiger partial charge in [-0.25, -0.2) is 9.37 Å². The minimum Gasteiger partial charge on any atom is -0.360 e. The van der Waals surface area contributed by atoms with Crippen molar-refractivity contribution in [2.45, 2.75) is 31.4 Å². The number of hydrogen-bond donors (Lipinski definition) is 4. The predicted octanol–water partition coefficient (Wildman–Crippen LogP) is 3.84. The predicted molar refractivity (Wildman–Crippen MR) is 109 cm³/mol. The average Bonchev–Trinajstić information content (AvgIpc) is 3.12. The van der Waals surface area contributed by atoms with Gasteiger partial charge in [0.05, 0.1) is 11.0 Å². The Kier molecular flexibility index (Phi) is 4.15. The second-order valence-electron chi connectivity index (χ2n) is 7.31. The zero-order chi connectivity index (χ0) is 20.0. The summed E-state index contributed by atoms with van der Waals surface area (Å²) >= 11 is 0. The Labute approximate surface area is 166 Å². The van der Waals surface area contributed by atoms with Crippen molar-refractivity contribution in [3.63, 3.8) is 0 Å². The number of alkyl halides is 1. The maximum Gasteiger partial charge on any atom is 0.224 e. The molecule has 0 unspecified atom stereocenters. The van der Waals surface area contributed by atoms with Gasteiger partial charge in [0.15, 0.2) is 5.82 Å². The van der Waals surface area contributed by atoms with Crippen molar-refractivity contribution >= 4 is 28.6 Å². The van der Waals surface area contributed by atoms with Crippen LogP contribution in [0.15, 0.2) is 36.7 Å². The number of aromatic nitrogens is 6. The van der Waals surface area contributed by atoms with Crippen LogP contribution in [0.3, 0.4) is 0 Å². The Morgan fingerprint density at radius 2 is 2.10 bits per heavy atom. The van der Waals surface area contributed by atoms with Gasteiger partial charge in [-0.15, -0.1) is 0 Å². The Morgan fingerprint density at radius 1 is 1.24 bits per heavy atom. The second-order valence-corrected chi connectivity index (χ2v) is 7.31. The van der Waals surface area contributed by atoms with Crippen LogP contribution in [0.5, 0.6) is 0 Å². The summed E-state index contributed by atoms with van der Waals surface area (Å²) in [5.41, 5.74) is 4.53. The largest absolute Gasteiger partial charge is 0.360 e. The van der Waals surface area contributed by atoms with Crippen LogP contribution in [0.2, 0.25) is 0 Å². The number of fused-ring (bicyclic) bond motifs is 1. The fraction of sp³-hybridized carbons (Fsp3) is 0.300. The normalized spacial score (nSPS) is 19.3. The molecule has 5 rings (SSSR count). The van der Waals surface area contributed by atoms with Crippen LogP contribution in [0.1, 0.15) is 42.1 Å². The van der Waals surface area contributed by atoms with Crippen molar-refractivity contribution in [3.05, 3.63) is 53.6 Å². The Bertz CT molecular complexity index is 1170. The molecule has 3 atom stereocenters. The molecule has 4 heterocycles. The molecule has 29 heavy (non-hydrogen) atoms. The van der Waals surface area contributed by atoms with Crippen molar-refractivity contribution in [3.8, 4) is 0 Å². The van der Waals surface area contributed by atoms with Crippen molar-refractivity contribution < 1.29 is 4.39 Å². The summed E-state index contributed by atoms with van der Waals surface area (Å²) < 4.78 is 13.3. The topological polar surface area (TPSA) is 107 Å². The van der Waals surface area contributed by atoms with Crippen molar-refractivity contribution in [1.82, 2.24) is 30.1 Å². The number of pyridine rings is 1. The molecule has 0 bridgehead atoms. The van der Waals surface area contributed by atoms with Gasteiger partial charge < -0.3 is 15.6 Å². The number of H-pyrrole nitrogens is 2. The van der Waals surface area contributed by atoms with Crippen LogP contribution in [0, 0.1) is 0 Å². The third-order valence-electron chi connectivity index (χ3n) is 5.33. The lowest BCUT2D eigenvalue weighted by Gasteiger charge is -2.16. The van der Waals surface area contributed by atoms with Gasteiger partial charge in [-0.05, 0) is 24.6 Å². The van der Waals surface area contributed by atoms with E-state index >= 15 is 0 Å². The monoisotopic (exact) mass is 392 g/mol. The SMILES string of the molecule is CNc1ncc([C@@H](C)c2ccc3[nH]ccc3n2)c(Nc2cc([C@H]3C[C@@H]3F)[nH]n2)n1. The Hall–Kier alpha value is -3.49. The summed E-state index contributed by atoms with van der Waals surface area (Å²) in [5.74, 6) is 1.62. The molecule has 1 fully saturated rings. The molecule has 4 aromatic heterocycles. The third kappa shape index (κ3) is 3.28. The lowest BCUT2D eigenvalue weighted by molar-refractivity contribution is 0.466. The maximum absolute atomic E-state index is 13.3. The molecule has 0 aliphatic heterocycles. The lowest BCUT2D eigenvalue weighted by Crippen LogP contribution is -2.08. The van der Waals surface area contributed by atoms with E-state index in [1.807, 2.05) is 30.5 Å². The molecule has 0 saturated heterocycles. The lowest BCUT2D eigenvalue weighted by atomic mass is 9.98. The number of aromatic amines is 2. The van der Waals surface area contributed by atoms with Crippen molar-refractivity contribution in [1.29, 1.82) is 0 Å². The van der Waals surface area contributed by atoms with Gasteiger partial charge in [-0.3, -0.25) is 10.1 Å². The zero-order valence-corrected chi connectivity index (χ0v) is 16.1. The second kappa shape index (κ2) is 6.84. The first-order valence-corrected chi connectivity index (χ1v) is 9.57. The Morgan fingerprint density at radius 3 is 2.90 bits per heavy atom. The number of hydrogen-bond acceptors (Lipinski definition) is 6. The molecule has 148 valence electrons. The molecule has 4 N–H and O–H groups in total. The molecule has 0 amide bonds. The molecule has 1 saturated carbocycles. The summed E-state index contributed by atoms with van der Waals surface area (Å²) in [6.07, 6.45) is 3.44. The van der Waals surface area contributed by atoms with E-state index in [1.165, 1.54) is 0 Å². The molecule has 0 aromatic carbocycles. The first-order valence-electron chi connectivity index (χ1n) is 9.57. The summed E-state index contributed by atoms with van der Waals surface area (Å²) in [6, 6.07) is 7.81. The van der Waals surface area contributed by atoms with Crippen molar-refractivity contribution in [2.24, 2.45) is 0 Å². The maximum atomic E-state index is 13.3. The van der Waals surface area contributed by atoms with Crippen LogP contribution in [-0.2, 0) is 0 Å². The van der Waals surface area contributed by atoms with E-state index in [4.69, 9.17) is 4.98 Å². The molecule has 0 radical (unpaired) electrons. The summed E-state index contributed by atoms with van der Waals surface area (Å²) in [7, 11) is 1.77. The summed E-state index contributed by atoms with van der Waals surface area (Å²) in [6.45, 7) is 2.07. The van der Waals surface area contributed by atoms with Gasteiger partial charge in [-0.1, -0.05) is 6.92 Å². The number of rotatable bonds is 6. The van der Waals surface area contributed by atoms with E-state index in [-0.39, 0.29) is 11.8 Å². The first-order chi connectivity index (χ1) is 14.1. The molecule has 0 spiro atoms. The van der Waals surface area contributed by atoms with E-state index in [2.05, 4.69) is 42.7 Å². The number of anilines is 3. The van der Waals surface area contributed by atoms with Crippen LogP contribution < -0.4 is 10.6 Å². The fourth-order valence-corrected chi connectivity index (χ4v) is 3.48. The molecule has 1 aliphatic rings. The highest BCUT2D eigenvalue weighted by Gasteiger charge is 2.40. The minimum absolute atomic E-state index is 0.0419. The third-order valence-corrected chi connectivity index (χ3v) is 5.33. The standard InChI is InChI=1S/C20H21FN8/c1-10(14-3-4-15-16(25-14)5-6-23-15)12-9-24-20(22-2)27-19(12)26-18-8-17(28-29-18)11-7-13(11)21/h3-6,8-11,13,23H,7H2,1-2H3,(H3,22,24,26,27,28,29)/t10-,11+,13+/m1/s1. The van der Waals surface area contributed by atoms with Crippen LogP contribution in [0.4, 0.5) is 22.0 Å². The zero-order valence-electron chi connectivity index (χ0n) is 16.1. The number of halogens is 1. The summed E-state index contributed by atoms with van der Waals surface area (Å²) in [4.78, 5) is 16.9. The van der Waals surface area contributed by atoms with Gasteiger partial charge in [0.25, 0.3) is 0 Å². The first kappa shape index (κ1) is 17.6. The average molecular weight is 392 g/mol. The molecule has 8 nitrogen and oxygen atoms in total. The molecular weight excluding hydrogens is 371 g/mol. The van der Waals surface area contributed by atoms with E-state index < -0.39 is 6.17 Å². The number of nitrogens with one attached hydrogen (secondary N) is 4. The van der Waals surface area contributed by atoms with Crippen molar-refractivity contribution in [2.75, 3.05) is 17.7 Å². The van der Waals surface area contributed by atoms with E-state index in [9.17, 15) is 4.39 Å². The van der Waals surface area contributed by atoms with Crippen LogP contribution >= 0.6 is 0 Å². The smallest absolute Gasteiger partial charge is 0.224 e. The van der Waals surface area contributed by atoms with Gasteiger partial charge >= 0.3 is 0 Å². The Balaban J connectivity index is 1.48. The number of nitrogens with zero attached hydrogens (tertiary/aromatic N) is 4. The van der Waals surface area contributed by atoms with E-state index in [0.717, 1.165) is 28.0 Å². The molecule has 1 aliphatic carbocycles. The molecule has 4 aromatic rings. The van der Waals surface area contributed by atoms with Crippen LogP contribution in [-0.4, -0.2) is 43.4 Å². The van der Waals surface area contributed by atoms with Gasteiger partial charge in [0.2, 0.25) is 5.95 Å². The van der Waals surface area contributed by atoms with Crippen LogP contribution in [0.25, 0.3) is 11.0 Å². The fourth-order valence-electron chi connectivity index (χ4n) is 3.48. The molecular formula is C20H21FN8. The molecule has 9 heteroatoms. The van der Waals surface area contributed by atoms with Gasteiger partial charge in [-0.2, -0.15) is 10.1 Å².